The van der Waals surface area contributed by atoms with Gasteiger partial charge >= 0.3 is 11.9 Å². The molecule has 270 valence electrons. The van der Waals surface area contributed by atoms with Crippen LogP contribution in [0, 0.1) is 0 Å². The molecule has 2 N–H and O–H groups in total. The van der Waals surface area contributed by atoms with Gasteiger partial charge < -0.3 is 39.1 Å². The maximum absolute atomic E-state index is 12.1. The Hall–Kier alpha value is -3.05. The van der Waals surface area contributed by atoms with Crippen molar-refractivity contribution in [3.8, 4) is 17.2 Å². The van der Waals surface area contributed by atoms with E-state index in [1.54, 1.807) is 12.1 Å². The molecule has 0 aliphatic rings. The Morgan fingerprint density at radius 1 is 0.660 bits per heavy atom. The molecule has 0 aliphatic carbocycles. The maximum Gasteiger partial charge on any atom is 0.328 e. The van der Waals surface area contributed by atoms with Crippen LogP contribution in [0.15, 0.2) is 12.1 Å². The summed E-state index contributed by atoms with van der Waals surface area (Å²) >= 11 is 0. The summed E-state index contributed by atoms with van der Waals surface area (Å²) in [6, 6.07) is 3.54. The van der Waals surface area contributed by atoms with Crippen LogP contribution in [0.4, 0.5) is 0 Å². The van der Waals surface area contributed by atoms with E-state index in [-0.39, 0.29) is 19.7 Å². The lowest BCUT2D eigenvalue weighted by Gasteiger charge is -2.16. The van der Waals surface area contributed by atoms with Gasteiger partial charge in [-0.25, -0.2) is 0 Å². The first-order valence-electron chi connectivity index (χ1n) is 17.6. The van der Waals surface area contributed by atoms with Crippen molar-refractivity contribution in [2.45, 2.75) is 129 Å². The van der Waals surface area contributed by atoms with Crippen LogP contribution in [-0.2, 0) is 35.1 Å². The van der Waals surface area contributed by atoms with Crippen molar-refractivity contribution in [2.24, 2.45) is 0 Å². The van der Waals surface area contributed by atoms with E-state index in [0.29, 0.717) is 30.4 Å². The molecule has 0 heterocycles. The lowest BCUT2D eigenvalue weighted by molar-refractivity contribution is -0.183. The van der Waals surface area contributed by atoms with Gasteiger partial charge in [-0.15, -0.1) is 0 Å². The highest BCUT2D eigenvalue weighted by atomic mass is 16.7. The van der Waals surface area contributed by atoms with Gasteiger partial charge in [-0.1, -0.05) is 103 Å². The fraction of sp³-hybridized carbons (Fsp3) is 0.750. The molecule has 0 aromatic heterocycles. The number of unbranched alkanes of at least 4 members (excludes halogenated alkanes) is 15. The number of amides is 1. The first-order chi connectivity index (χ1) is 22.8. The highest BCUT2D eigenvalue weighted by Gasteiger charge is 2.16. The average molecular weight is 667 g/mol. The van der Waals surface area contributed by atoms with Gasteiger partial charge in [0.2, 0.25) is 17.9 Å². The zero-order valence-corrected chi connectivity index (χ0v) is 29.8. The van der Waals surface area contributed by atoms with E-state index >= 15 is 0 Å². The molecule has 0 bridgehead atoms. The second-order valence-electron chi connectivity index (χ2n) is 11.8. The van der Waals surface area contributed by atoms with Crippen molar-refractivity contribution in [2.75, 3.05) is 47.6 Å². The molecule has 0 saturated heterocycles. The fourth-order valence-corrected chi connectivity index (χ4v) is 5.16. The van der Waals surface area contributed by atoms with E-state index in [0.717, 1.165) is 18.4 Å². The van der Waals surface area contributed by atoms with Crippen LogP contribution in [0.25, 0.3) is 0 Å². The predicted molar refractivity (Wildman–Crippen MR) is 183 cm³/mol. The van der Waals surface area contributed by atoms with E-state index in [1.807, 2.05) is 0 Å². The van der Waals surface area contributed by atoms with Crippen LogP contribution in [0.1, 0.15) is 122 Å². The average Bonchev–Trinajstić information content (AvgIpc) is 3.06. The molecule has 1 aromatic carbocycles. The normalized spacial score (nSPS) is 11.5. The third-order valence-electron chi connectivity index (χ3n) is 7.72. The minimum Gasteiger partial charge on any atom is -0.493 e. The van der Waals surface area contributed by atoms with E-state index in [4.69, 9.17) is 28.4 Å². The Morgan fingerprint density at radius 2 is 1.13 bits per heavy atom. The van der Waals surface area contributed by atoms with Crippen molar-refractivity contribution in [3.05, 3.63) is 17.7 Å². The van der Waals surface area contributed by atoms with Crippen LogP contribution < -0.4 is 24.8 Å². The third-order valence-corrected chi connectivity index (χ3v) is 7.72. The highest BCUT2D eigenvalue weighted by Crippen LogP contribution is 2.38. The minimum atomic E-state index is -1.11. The molecular formula is C36H62N2O9. The first-order valence-corrected chi connectivity index (χ1v) is 17.6. The van der Waals surface area contributed by atoms with Gasteiger partial charge in [0.15, 0.2) is 11.5 Å². The summed E-state index contributed by atoms with van der Waals surface area (Å²) in [7, 11) is 4.57. The topological polar surface area (TPSA) is 131 Å². The van der Waals surface area contributed by atoms with Gasteiger partial charge in [0.25, 0.3) is 0 Å². The number of carbonyl (C=O) groups is 3. The van der Waals surface area contributed by atoms with Gasteiger partial charge in [0, 0.05) is 20.1 Å². The molecule has 0 saturated carbocycles. The van der Waals surface area contributed by atoms with E-state index in [1.165, 1.54) is 118 Å². The molecule has 11 nitrogen and oxygen atoms in total. The second kappa shape index (κ2) is 28.0. The Labute approximate surface area is 283 Å². The lowest BCUT2D eigenvalue weighted by atomic mass is 10.0. The summed E-state index contributed by atoms with van der Waals surface area (Å²) in [6.45, 7) is 3.95. The number of hydrogen-bond acceptors (Lipinski definition) is 10. The summed E-state index contributed by atoms with van der Waals surface area (Å²) in [6.07, 6.45) is 19.8. The van der Waals surface area contributed by atoms with Gasteiger partial charge in [0.05, 0.1) is 27.9 Å². The van der Waals surface area contributed by atoms with Crippen LogP contribution in [0.2, 0.25) is 0 Å². The Bertz CT molecular complexity index is 964. The molecule has 0 aliphatic heterocycles. The molecule has 1 rings (SSSR count). The highest BCUT2D eigenvalue weighted by molar-refractivity contribution is 5.82. The number of esters is 2. The van der Waals surface area contributed by atoms with Crippen LogP contribution >= 0.6 is 0 Å². The third kappa shape index (κ3) is 21.4. The molecule has 1 amide bonds. The van der Waals surface area contributed by atoms with E-state index in [9.17, 15) is 14.4 Å². The zero-order valence-electron chi connectivity index (χ0n) is 29.8. The Morgan fingerprint density at radius 3 is 1.60 bits per heavy atom. The molecule has 1 aromatic rings. The molecule has 0 radical (unpaired) electrons. The minimum absolute atomic E-state index is 0.117. The first kappa shape index (κ1) is 42.0. The maximum atomic E-state index is 12.1. The quantitative estimate of drug-likeness (QED) is 0.0524. The summed E-state index contributed by atoms with van der Waals surface area (Å²) in [4.78, 5) is 36.2. The summed E-state index contributed by atoms with van der Waals surface area (Å²) < 4.78 is 31.6. The zero-order chi connectivity index (χ0) is 34.5. The Balaban J connectivity index is 2.01. The fourth-order valence-electron chi connectivity index (χ4n) is 5.16. The van der Waals surface area contributed by atoms with E-state index in [2.05, 4.69) is 17.6 Å². The number of rotatable bonds is 30. The number of nitrogens with one attached hydrogen (secondary N) is 2. The largest absolute Gasteiger partial charge is 0.493 e. The molecule has 1 atom stereocenters. The van der Waals surface area contributed by atoms with Gasteiger partial charge in [-0.3, -0.25) is 14.4 Å². The van der Waals surface area contributed by atoms with Gasteiger partial charge in [0.1, 0.15) is 13.2 Å². The van der Waals surface area contributed by atoms with Crippen LogP contribution in [0.5, 0.6) is 17.2 Å². The predicted octanol–water partition coefficient (Wildman–Crippen LogP) is 6.63. The number of ether oxygens (including phenoxy) is 6. The lowest BCUT2D eigenvalue weighted by Crippen LogP contribution is -2.36. The van der Waals surface area contributed by atoms with Crippen molar-refractivity contribution < 1.29 is 42.8 Å². The molecule has 0 fully saturated rings. The Kier molecular flexibility index (Phi) is 25.0. The number of methoxy groups -OCH3 is 3. The molecule has 0 spiro atoms. The van der Waals surface area contributed by atoms with Crippen molar-refractivity contribution in [3.63, 3.8) is 0 Å². The van der Waals surface area contributed by atoms with E-state index < -0.39 is 24.1 Å². The second-order valence-corrected chi connectivity index (χ2v) is 11.8. The molecule has 11 heteroatoms. The number of hydrogen-bond donors (Lipinski definition) is 2. The summed E-state index contributed by atoms with van der Waals surface area (Å²) in [5, 5.41) is 5.42. The summed E-state index contributed by atoms with van der Waals surface area (Å²) in [5.74, 6) is -0.255. The van der Waals surface area contributed by atoms with Crippen molar-refractivity contribution in [1.29, 1.82) is 0 Å². The summed E-state index contributed by atoms with van der Waals surface area (Å²) in [5.41, 5.74) is 0.802. The van der Waals surface area contributed by atoms with Crippen molar-refractivity contribution in [1.82, 2.24) is 10.6 Å². The standard InChI is InChI=1S/C36H62N2O9/c1-6-7-8-9-10-11-12-13-14-15-16-17-18-19-20-21-22-45-28-33(39)38-27-35(41)47-29(2)46-34(40)26-37-25-30-23-31(42-3)36(44-5)32(24-30)43-4/h23-24,29,37H,6-22,25-28H2,1-5H3,(H,38,39). The molecular weight excluding hydrogens is 604 g/mol. The monoisotopic (exact) mass is 666 g/mol. The van der Waals surface area contributed by atoms with Gasteiger partial charge in [-0.05, 0) is 24.1 Å². The van der Waals surface area contributed by atoms with Crippen molar-refractivity contribution >= 4 is 17.8 Å². The number of benzene rings is 1. The smallest absolute Gasteiger partial charge is 0.328 e. The molecule has 1 unspecified atom stereocenters. The van der Waals surface area contributed by atoms with Crippen LogP contribution in [-0.4, -0.2) is 71.8 Å². The molecule has 47 heavy (non-hydrogen) atoms. The van der Waals surface area contributed by atoms with Crippen LogP contribution in [0.3, 0.4) is 0 Å². The van der Waals surface area contributed by atoms with Gasteiger partial charge in [-0.2, -0.15) is 0 Å². The number of carbonyl (C=O) groups excluding carboxylic acids is 3. The SMILES string of the molecule is CCCCCCCCCCCCCCCCCCOCC(=O)NCC(=O)OC(C)OC(=O)CNCc1cc(OC)c(OC)c(OC)c1.